The van der Waals surface area contributed by atoms with Gasteiger partial charge in [-0.2, -0.15) is 0 Å². The number of aromatic nitrogens is 1. The largest absolute Gasteiger partial charge is 0.488 e. The fourth-order valence-electron chi connectivity index (χ4n) is 5.19. The van der Waals surface area contributed by atoms with Gasteiger partial charge in [-0.1, -0.05) is 93.5 Å². The summed E-state index contributed by atoms with van der Waals surface area (Å²) in [5.41, 5.74) is 3.69. The van der Waals surface area contributed by atoms with Crippen LogP contribution in [0, 0.1) is 0 Å². The normalized spacial score (nSPS) is 14.5. The van der Waals surface area contributed by atoms with E-state index in [1.807, 2.05) is 85.1 Å². The van der Waals surface area contributed by atoms with Gasteiger partial charge in [-0.05, 0) is 72.8 Å². The fraction of sp³-hybridized carbons (Fsp3) is 0.139. The third-order valence-corrected chi connectivity index (χ3v) is 9.86. The van der Waals surface area contributed by atoms with Gasteiger partial charge < -0.3 is 9.47 Å². The minimum absolute atomic E-state index is 0.185. The molecular formula is C36H28BrClN2O4S2. The van der Waals surface area contributed by atoms with Crippen LogP contribution in [0.4, 0.5) is 0 Å². The highest BCUT2D eigenvalue weighted by Crippen LogP contribution is 2.36. The highest BCUT2D eigenvalue weighted by atomic mass is 79.9. The zero-order valence-corrected chi connectivity index (χ0v) is 28.9. The van der Waals surface area contributed by atoms with E-state index in [4.69, 9.17) is 26.1 Å². The van der Waals surface area contributed by atoms with Crippen LogP contribution in [0.1, 0.15) is 35.2 Å². The van der Waals surface area contributed by atoms with Gasteiger partial charge in [0.1, 0.15) is 12.4 Å². The van der Waals surface area contributed by atoms with Crippen molar-refractivity contribution in [2.75, 3.05) is 12.9 Å². The molecule has 6 rings (SSSR count). The molecule has 1 atom stereocenters. The molecule has 6 nitrogen and oxygen atoms in total. The Bertz CT molecular complexity index is 2110. The van der Waals surface area contributed by atoms with Crippen molar-refractivity contribution in [2.45, 2.75) is 24.5 Å². The van der Waals surface area contributed by atoms with Crippen molar-refractivity contribution in [1.82, 2.24) is 4.57 Å². The lowest BCUT2D eigenvalue weighted by Gasteiger charge is -2.26. The van der Waals surface area contributed by atoms with Gasteiger partial charge in [0.05, 0.1) is 28.5 Å². The predicted molar refractivity (Wildman–Crippen MR) is 189 cm³/mol. The molecule has 2 heterocycles. The van der Waals surface area contributed by atoms with Crippen molar-refractivity contribution < 1.29 is 14.3 Å². The molecule has 1 aromatic heterocycles. The number of benzene rings is 4. The van der Waals surface area contributed by atoms with Crippen LogP contribution in [0.15, 0.2) is 122 Å². The van der Waals surface area contributed by atoms with E-state index in [0.717, 1.165) is 26.1 Å². The molecule has 0 bridgehead atoms. The molecule has 0 amide bonds. The molecule has 0 aliphatic carbocycles. The zero-order chi connectivity index (χ0) is 32.2. The number of fused-ring (bicyclic) bond motifs is 1. The maximum atomic E-state index is 14.3. The number of esters is 1. The monoisotopic (exact) mass is 730 g/mol. The Balaban J connectivity index is 1.53. The highest BCUT2D eigenvalue weighted by molar-refractivity contribution is 9.10. The van der Waals surface area contributed by atoms with Crippen LogP contribution in [0.25, 0.3) is 11.8 Å². The number of carbonyl (C=O) groups excluding carboxylic acids is 1. The topological polar surface area (TPSA) is 69.9 Å². The van der Waals surface area contributed by atoms with Gasteiger partial charge in [0.25, 0.3) is 5.56 Å². The average Bonchev–Trinajstić information content (AvgIpc) is 3.39. The van der Waals surface area contributed by atoms with Gasteiger partial charge in [0.2, 0.25) is 0 Å². The van der Waals surface area contributed by atoms with Crippen LogP contribution in [0.5, 0.6) is 5.75 Å². The Kier molecular flexibility index (Phi) is 9.94. The molecule has 0 saturated heterocycles. The average molecular weight is 732 g/mol. The van der Waals surface area contributed by atoms with Crippen LogP contribution in [-0.2, 0) is 16.1 Å². The molecule has 46 heavy (non-hydrogen) atoms. The van der Waals surface area contributed by atoms with Crippen LogP contribution < -0.4 is 19.6 Å². The first kappa shape index (κ1) is 32.1. The molecular weight excluding hydrogens is 704 g/mol. The van der Waals surface area contributed by atoms with E-state index in [1.165, 1.54) is 11.3 Å². The number of nitrogens with zero attached hydrogens (tertiary/aromatic N) is 2. The number of ether oxygens (including phenoxy) is 2. The lowest BCUT2D eigenvalue weighted by molar-refractivity contribution is -0.138. The molecule has 10 heteroatoms. The molecule has 0 fully saturated rings. The number of hydrogen-bond donors (Lipinski definition) is 0. The maximum absolute atomic E-state index is 14.3. The number of carbonyl (C=O) groups is 1. The van der Waals surface area contributed by atoms with Gasteiger partial charge >= 0.3 is 5.97 Å². The Hall–Kier alpha value is -3.89. The maximum Gasteiger partial charge on any atom is 0.338 e. The van der Waals surface area contributed by atoms with Crippen molar-refractivity contribution in [3.63, 3.8) is 0 Å². The SMILES string of the molecule is CCOC(=O)C1=C(c2ccccc2)N=c2s/c(=C\c3cc(Cl)ccc3OCc3ccc(Br)cc3)c(=O)n2[C@H]1c1ccc(SC)cc1. The first-order chi connectivity index (χ1) is 22.4. The first-order valence-corrected chi connectivity index (χ1v) is 17.7. The van der Waals surface area contributed by atoms with E-state index in [9.17, 15) is 9.59 Å². The summed E-state index contributed by atoms with van der Waals surface area (Å²) in [5.74, 6) is 0.0661. The molecule has 4 aromatic carbocycles. The summed E-state index contributed by atoms with van der Waals surface area (Å²) in [4.78, 5) is 34.5. The summed E-state index contributed by atoms with van der Waals surface area (Å²) in [7, 11) is 0. The molecule has 0 radical (unpaired) electrons. The molecule has 1 aliphatic rings. The smallest absolute Gasteiger partial charge is 0.338 e. The predicted octanol–water partition coefficient (Wildman–Crippen LogP) is 7.65. The van der Waals surface area contributed by atoms with E-state index >= 15 is 0 Å². The summed E-state index contributed by atoms with van der Waals surface area (Å²) in [6.45, 7) is 2.29. The fourth-order valence-corrected chi connectivity index (χ4v) is 7.03. The van der Waals surface area contributed by atoms with Crippen LogP contribution >= 0.6 is 50.6 Å². The van der Waals surface area contributed by atoms with Gasteiger partial charge in [-0.25, -0.2) is 9.79 Å². The lowest BCUT2D eigenvalue weighted by atomic mass is 9.93. The van der Waals surface area contributed by atoms with Crippen molar-refractivity contribution in [3.8, 4) is 5.75 Å². The Morgan fingerprint density at radius 2 is 1.78 bits per heavy atom. The van der Waals surface area contributed by atoms with Gasteiger partial charge in [0.15, 0.2) is 4.80 Å². The van der Waals surface area contributed by atoms with Crippen molar-refractivity contribution in [3.05, 3.63) is 154 Å². The molecule has 0 N–H and O–H groups in total. The minimum atomic E-state index is -0.754. The van der Waals surface area contributed by atoms with Crippen molar-refractivity contribution in [1.29, 1.82) is 0 Å². The van der Waals surface area contributed by atoms with E-state index in [1.54, 1.807) is 47.5 Å². The number of rotatable bonds is 9. The minimum Gasteiger partial charge on any atom is -0.488 e. The van der Waals surface area contributed by atoms with Gasteiger partial charge in [-0.15, -0.1) is 11.8 Å². The Morgan fingerprint density at radius 3 is 2.48 bits per heavy atom. The first-order valence-electron chi connectivity index (χ1n) is 14.5. The zero-order valence-electron chi connectivity index (χ0n) is 24.9. The van der Waals surface area contributed by atoms with E-state index in [2.05, 4.69) is 15.9 Å². The summed E-state index contributed by atoms with van der Waals surface area (Å²) in [6, 6.07) is 29.8. The summed E-state index contributed by atoms with van der Waals surface area (Å²) < 4.78 is 14.8. The second-order valence-electron chi connectivity index (χ2n) is 10.3. The second-order valence-corrected chi connectivity index (χ2v) is 13.5. The molecule has 0 unspecified atom stereocenters. The summed E-state index contributed by atoms with van der Waals surface area (Å²) in [5, 5.41) is 0.512. The van der Waals surface area contributed by atoms with E-state index in [0.29, 0.717) is 43.5 Å². The molecule has 0 spiro atoms. The van der Waals surface area contributed by atoms with Crippen molar-refractivity contribution >= 4 is 68.4 Å². The second kappa shape index (κ2) is 14.3. The highest BCUT2D eigenvalue weighted by Gasteiger charge is 2.35. The van der Waals surface area contributed by atoms with Gasteiger partial charge in [-0.3, -0.25) is 9.36 Å². The number of hydrogen-bond acceptors (Lipinski definition) is 7. The van der Waals surface area contributed by atoms with Crippen LogP contribution in [0.3, 0.4) is 0 Å². The Labute approximate surface area is 287 Å². The lowest BCUT2D eigenvalue weighted by Crippen LogP contribution is -2.40. The summed E-state index contributed by atoms with van der Waals surface area (Å²) in [6.07, 6.45) is 3.78. The summed E-state index contributed by atoms with van der Waals surface area (Å²) >= 11 is 12.8. The van der Waals surface area contributed by atoms with E-state index in [-0.39, 0.29) is 12.2 Å². The third kappa shape index (κ3) is 6.78. The van der Waals surface area contributed by atoms with Gasteiger partial charge in [0, 0.05) is 25.5 Å². The molecule has 5 aromatic rings. The molecule has 1 aliphatic heterocycles. The number of thioether (sulfide) groups is 1. The Morgan fingerprint density at radius 1 is 1.04 bits per heavy atom. The van der Waals surface area contributed by atoms with Crippen molar-refractivity contribution in [2.24, 2.45) is 4.99 Å². The number of thiazole rings is 1. The molecule has 232 valence electrons. The number of halogens is 2. The quantitative estimate of drug-likeness (QED) is 0.115. The van der Waals surface area contributed by atoms with E-state index < -0.39 is 12.0 Å². The molecule has 0 saturated carbocycles. The van der Waals surface area contributed by atoms with Crippen LogP contribution in [0.2, 0.25) is 5.02 Å². The standard InChI is InChI=1S/C36H28BrClN2O4S2/c1-3-43-35(42)31-32(23-7-5-4-6-8-23)39-36-40(33(31)24-11-16-28(45-2)17-12-24)34(41)30(46-36)20-25-19-27(38)15-18-29(25)44-21-22-9-13-26(37)14-10-22/h4-20,33H,3,21H2,1-2H3/b30-20-/t33-/m0/s1. The third-order valence-electron chi connectivity index (χ3n) is 7.37. The van der Waals surface area contributed by atoms with Crippen LogP contribution in [-0.4, -0.2) is 23.4 Å².